The summed E-state index contributed by atoms with van der Waals surface area (Å²) >= 11 is 0. The van der Waals surface area contributed by atoms with E-state index in [1.165, 1.54) is 60.7 Å². The first-order valence-corrected chi connectivity index (χ1v) is 14.5. The van der Waals surface area contributed by atoms with Crippen molar-refractivity contribution in [1.82, 2.24) is 0 Å². The summed E-state index contributed by atoms with van der Waals surface area (Å²) in [5.41, 5.74) is 1.03. The number of ketones is 2. The van der Waals surface area contributed by atoms with Crippen molar-refractivity contribution in [3.8, 4) is 11.5 Å². The molecule has 43 heavy (non-hydrogen) atoms. The minimum atomic E-state index is -4.13. The summed E-state index contributed by atoms with van der Waals surface area (Å²) in [5.74, 6) is -1.58. The van der Waals surface area contributed by atoms with Gasteiger partial charge in [-0.25, -0.2) is 13.2 Å². The Morgan fingerprint density at radius 1 is 0.744 bits per heavy atom. The number of ether oxygens (including phenoxy) is 3. The Labute approximate surface area is 245 Å². The van der Waals surface area contributed by atoms with E-state index >= 15 is 0 Å². The molecule has 11 nitrogen and oxygen atoms in total. The number of rotatable bonds is 7. The lowest BCUT2D eigenvalue weighted by Crippen LogP contribution is -2.23. The van der Waals surface area contributed by atoms with Gasteiger partial charge >= 0.3 is 5.97 Å². The van der Waals surface area contributed by atoms with Crippen LogP contribution in [0.15, 0.2) is 89.8 Å². The molecular weight excluding hydrogens is 576 g/mol. The second-order valence-electron chi connectivity index (χ2n) is 9.55. The van der Waals surface area contributed by atoms with Gasteiger partial charge in [0.05, 0.1) is 16.1 Å². The molecule has 0 aromatic heterocycles. The first-order valence-electron chi connectivity index (χ1n) is 13.0. The fraction of sp³-hybridized carbons (Fsp3) is 0.0968. The topological polar surface area (TPSA) is 154 Å². The van der Waals surface area contributed by atoms with Crippen molar-refractivity contribution in [2.75, 3.05) is 29.9 Å². The fourth-order valence-electron chi connectivity index (χ4n) is 4.73. The molecular formula is C31H22N2O9S. The number of hydrogen-bond donors (Lipinski definition) is 2. The monoisotopic (exact) mass is 598 g/mol. The lowest BCUT2D eigenvalue weighted by molar-refractivity contribution is -0.119. The van der Waals surface area contributed by atoms with Crippen LogP contribution in [-0.4, -0.2) is 51.7 Å². The summed E-state index contributed by atoms with van der Waals surface area (Å²) in [5, 5.41) is 2.54. The molecule has 1 heterocycles. The van der Waals surface area contributed by atoms with E-state index in [9.17, 15) is 27.6 Å². The maximum atomic E-state index is 13.1. The van der Waals surface area contributed by atoms with Crippen molar-refractivity contribution >= 4 is 44.8 Å². The fourth-order valence-corrected chi connectivity index (χ4v) is 5.82. The molecule has 0 atom stereocenters. The van der Waals surface area contributed by atoms with Crippen LogP contribution in [-0.2, 0) is 19.6 Å². The molecule has 0 fully saturated rings. The van der Waals surface area contributed by atoms with Crippen LogP contribution in [0, 0.1) is 0 Å². The van der Waals surface area contributed by atoms with E-state index in [-0.39, 0.29) is 62.4 Å². The van der Waals surface area contributed by atoms with Crippen molar-refractivity contribution < 1.29 is 41.8 Å². The Morgan fingerprint density at radius 3 is 2.16 bits per heavy atom. The molecule has 12 heteroatoms. The lowest BCUT2D eigenvalue weighted by Gasteiger charge is -2.19. The summed E-state index contributed by atoms with van der Waals surface area (Å²) in [7, 11) is -4.13. The van der Waals surface area contributed by atoms with E-state index in [0.717, 1.165) is 0 Å². The zero-order chi connectivity index (χ0) is 30.1. The van der Waals surface area contributed by atoms with Gasteiger partial charge in [-0.3, -0.25) is 19.1 Å². The number of sulfonamides is 1. The van der Waals surface area contributed by atoms with Gasteiger partial charge in [0.2, 0.25) is 0 Å². The summed E-state index contributed by atoms with van der Waals surface area (Å²) < 4.78 is 44.6. The van der Waals surface area contributed by atoms with Gasteiger partial charge in [0, 0.05) is 34.0 Å². The van der Waals surface area contributed by atoms with Crippen LogP contribution in [0.2, 0.25) is 0 Å². The molecule has 6 rings (SSSR count). The molecule has 216 valence electrons. The third-order valence-corrected chi connectivity index (χ3v) is 8.12. The van der Waals surface area contributed by atoms with E-state index in [4.69, 9.17) is 14.2 Å². The van der Waals surface area contributed by atoms with Gasteiger partial charge in [-0.1, -0.05) is 36.4 Å². The molecule has 0 unspecified atom stereocenters. The maximum Gasteiger partial charge on any atom is 0.340 e. The molecule has 2 N–H and O–H groups in total. The van der Waals surface area contributed by atoms with Gasteiger partial charge in [-0.05, 0) is 42.5 Å². The molecule has 1 aliphatic heterocycles. The number of esters is 1. The van der Waals surface area contributed by atoms with Crippen LogP contribution in [0.4, 0.5) is 11.4 Å². The van der Waals surface area contributed by atoms with E-state index in [2.05, 4.69) is 10.0 Å². The van der Waals surface area contributed by atoms with Crippen LogP contribution >= 0.6 is 0 Å². The van der Waals surface area contributed by atoms with Crippen LogP contribution in [0.25, 0.3) is 0 Å². The predicted molar refractivity (Wildman–Crippen MR) is 153 cm³/mol. The quantitative estimate of drug-likeness (QED) is 0.266. The van der Waals surface area contributed by atoms with Crippen LogP contribution < -0.4 is 19.5 Å². The minimum Gasteiger partial charge on any atom is -0.486 e. The molecule has 2 aliphatic rings. The normalized spacial score (nSPS) is 13.4. The van der Waals surface area contributed by atoms with E-state index < -0.39 is 28.5 Å². The third kappa shape index (κ3) is 5.43. The molecule has 1 aliphatic carbocycles. The second kappa shape index (κ2) is 11.1. The van der Waals surface area contributed by atoms with E-state index in [0.29, 0.717) is 17.9 Å². The molecule has 0 saturated carbocycles. The highest BCUT2D eigenvalue weighted by Gasteiger charge is 2.29. The van der Waals surface area contributed by atoms with Crippen LogP contribution in [0.5, 0.6) is 11.5 Å². The summed E-state index contributed by atoms with van der Waals surface area (Å²) in [6.45, 7) is -0.0618. The standard InChI is InChI=1S/C31H22N2O9S/c34-28(32-18-9-11-22-24(15-18)30(36)21-6-2-1-5-20(21)29(22)35)17-42-31(37)23-7-3-4-8-25(23)33-43(38,39)19-10-12-26-27(16-19)41-14-13-40-26/h1-12,15-16,33H,13-14,17H2,(H,32,34). The van der Waals surface area contributed by atoms with Gasteiger partial charge < -0.3 is 19.5 Å². The number of carbonyl (C=O) groups is 4. The highest BCUT2D eigenvalue weighted by atomic mass is 32.2. The van der Waals surface area contributed by atoms with E-state index in [1.807, 2.05) is 0 Å². The maximum absolute atomic E-state index is 13.1. The molecule has 4 aromatic rings. The SMILES string of the molecule is O=C(COC(=O)c1ccccc1NS(=O)(=O)c1ccc2c(c1)OCCO2)Nc1ccc2c(c1)C(=O)c1ccccc1C2=O. The van der Waals surface area contributed by atoms with Crippen molar-refractivity contribution in [2.45, 2.75) is 4.90 Å². The van der Waals surface area contributed by atoms with Gasteiger partial charge in [0.1, 0.15) is 13.2 Å². The summed E-state index contributed by atoms with van der Waals surface area (Å²) in [6, 6.07) is 20.8. The van der Waals surface area contributed by atoms with Crippen molar-refractivity contribution in [2.24, 2.45) is 0 Å². The molecule has 0 bridgehead atoms. The predicted octanol–water partition coefficient (Wildman–Crippen LogP) is 3.83. The number of benzene rings is 4. The van der Waals surface area contributed by atoms with E-state index in [1.54, 1.807) is 24.3 Å². The van der Waals surface area contributed by atoms with Crippen molar-refractivity contribution in [3.05, 3.63) is 113 Å². The molecule has 0 spiro atoms. The van der Waals surface area contributed by atoms with Gasteiger partial charge in [-0.2, -0.15) is 0 Å². The first-order chi connectivity index (χ1) is 20.7. The average Bonchev–Trinajstić information content (AvgIpc) is 3.02. The number of anilines is 2. The van der Waals surface area contributed by atoms with Gasteiger partial charge in [0.15, 0.2) is 29.7 Å². The smallest absolute Gasteiger partial charge is 0.340 e. The molecule has 0 saturated heterocycles. The zero-order valence-corrected chi connectivity index (χ0v) is 23.1. The number of hydrogen-bond acceptors (Lipinski definition) is 9. The molecule has 1 amide bonds. The Kier molecular flexibility index (Phi) is 7.12. The summed E-state index contributed by atoms with van der Waals surface area (Å²) in [6.07, 6.45) is 0. The Hall–Kier alpha value is -5.49. The number of fused-ring (bicyclic) bond motifs is 3. The first kappa shape index (κ1) is 27.7. The lowest BCUT2D eigenvalue weighted by atomic mass is 9.84. The highest BCUT2D eigenvalue weighted by Crippen LogP contribution is 2.33. The van der Waals surface area contributed by atoms with Crippen LogP contribution in [0.1, 0.15) is 42.2 Å². The Morgan fingerprint density at radius 2 is 1.40 bits per heavy atom. The summed E-state index contributed by atoms with van der Waals surface area (Å²) in [4.78, 5) is 51.1. The highest BCUT2D eigenvalue weighted by molar-refractivity contribution is 7.92. The zero-order valence-electron chi connectivity index (χ0n) is 22.3. The number of nitrogens with one attached hydrogen (secondary N) is 2. The van der Waals surface area contributed by atoms with Crippen molar-refractivity contribution in [3.63, 3.8) is 0 Å². The number of amides is 1. The number of carbonyl (C=O) groups excluding carboxylic acids is 4. The van der Waals surface area contributed by atoms with Crippen LogP contribution in [0.3, 0.4) is 0 Å². The van der Waals surface area contributed by atoms with Gasteiger partial charge in [-0.15, -0.1) is 0 Å². The second-order valence-corrected chi connectivity index (χ2v) is 11.2. The molecule has 0 radical (unpaired) electrons. The molecule has 4 aromatic carbocycles. The Bertz CT molecular complexity index is 1940. The Balaban J connectivity index is 1.12. The minimum absolute atomic E-state index is 0.0547. The average molecular weight is 599 g/mol. The third-order valence-electron chi connectivity index (χ3n) is 6.76. The van der Waals surface area contributed by atoms with Crippen molar-refractivity contribution in [1.29, 1.82) is 0 Å². The largest absolute Gasteiger partial charge is 0.486 e. The van der Waals surface area contributed by atoms with Gasteiger partial charge in [0.25, 0.3) is 15.9 Å². The number of para-hydroxylation sites is 1.